The Kier molecular flexibility index (Phi) is 3.30. The zero-order valence-electron chi connectivity index (χ0n) is 13.6. The molecule has 4 rings (SSSR count). The smallest absolute Gasteiger partial charge is 0.210 e. The van der Waals surface area contributed by atoms with Gasteiger partial charge >= 0.3 is 0 Å². The Hall–Kier alpha value is -2.93. The predicted molar refractivity (Wildman–Crippen MR) is 85.8 cm³/mol. The van der Waals surface area contributed by atoms with Crippen LogP contribution in [0.3, 0.4) is 0 Å². The third-order valence-electron chi connectivity index (χ3n) is 4.60. The summed E-state index contributed by atoms with van der Waals surface area (Å²) in [5.74, 6) is -0.375. The molecule has 0 amide bonds. The fourth-order valence-electron chi connectivity index (χ4n) is 3.36. The number of para-hydroxylation sites is 1. The standard InChI is InChI=1S/C18H16O7/c1-22-12-7-11-14(15(19)16(12)23-2)17(20)18(21)9-5-3-4-6-10(9)24-8-13(18)25-11/h3-7,13,19,21H,8H2,1-2H3/t13-,18+/m1/s1. The monoisotopic (exact) mass is 344 g/mol. The zero-order valence-corrected chi connectivity index (χ0v) is 13.6. The molecule has 25 heavy (non-hydrogen) atoms. The number of aliphatic hydroxyl groups is 1. The third kappa shape index (κ3) is 1.93. The van der Waals surface area contributed by atoms with E-state index < -0.39 is 23.2 Å². The molecule has 0 spiro atoms. The first-order valence-electron chi connectivity index (χ1n) is 7.66. The summed E-state index contributed by atoms with van der Waals surface area (Å²) in [4.78, 5) is 13.2. The van der Waals surface area contributed by atoms with Gasteiger partial charge in [0.1, 0.15) is 23.7 Å². The van der Waals surface area contributed by atoms with Gasteiger partial charge in [-0.25, -0.2) is 0 Å². The lowest BCUT2D eigenvalue weighted by atomic mass is 9.77. The second kappa shape index (κ2) is 5.29. The highest BCUT2D eigenvalue weighted by Gasteiger charge is 2.56. The molecular formula is C18H16O7. The molecule has 2 N–H and O–H groups in total. The Morgan fingerprint density at radius 1 is 1.20 bits per heavy atom. The van der Waals surface area contributed by atoms with E-state index in [0.717, 1.165) is 0 Å². The minimum absolute atomic E-state index is 0.000551. The van der Waals surface area contributed by atoms with Crippen molar-refractivity contribution < 1.29 is 34.0 Å². The molecule has 0 aromatic heterocycles. The van der Waals surface area contributed by atoms with Crippen molar-refractivity contribution in [3.8, 4) is 28.7 Å². The number of aromatic hydroxyl groups is 1. The number of hydrogen-bond acceptors (Lipinski definition) is 7. The Bertz CT molecular complexity index is 876. The van der Waals surface area contributed by atoms with Crippen LogP contribution in [0.15, 0.2) is 30.3 Å². The number of phenols is 1. The third-order valence-corrected chi connectivity index (χ3v) is 4.60. The van der Waals surface area contributed by atoms with Crippen LogP contribution in [0.4, 0.5) is 0 Å². The highest BCUT2D eigenvalue weighted by atomic mass is 16.6. The summed E-state index contributed by atoms with van der Waals surface area (Å²) in [5.41, 5.74) is -1.80. The van der Waals surface area contributed by atoms with Crippen molar-refractivity contribution in [3.63, 3.8) is 0 Å². The molecule has 0 aliphatic carbocycles. The van der Waals surface area contributed by atoms with E-state index in [0.29, 0.717) is 11.3 Å². The van der Waals surface area contributed by atoms with Gasteiger partial charge in [-0.2, -0.15) is 0 Å². The van der Waals surface area contributed by atoms with Gasteiger partial charge in [0.25, 0.3) is 0 Å². The molecule has 2 heterocycles. The van der Waals surface area contributed by atoms with Gasteiger partial charge in [0.05, 0.1) is 14.2 Å². The van der Waals surface area contributed by atoms with Gasteiger partial charge in [-0.1, -0.05) is 18.2 Å². The fourth-order valence-corrected chi connectivity index (χ4v) is 3.36. The van der Waals surface area contributed by atoms with E-state index in [1.54, 1.807) is 24.3 Å². The molecule has 2 aliphatic heterocycles. The Morgan fingerprint density at radius 2 is 1.96 bits per heavy atom. The van der Waals surface area contributed by atoms with Crippen LogP contribution in [0.5, 0.6) is 28.7 Å². The van der Waals surface area contributed by atoms with E-state index in [2.05, 4.69) is 0 Å². The van der Waals surface area contributed by atoms with E-state index >= 15 is 0 Å². The number of Topliss-reactive ketones (excluding diaryl/α,β-unsaturated/α-hetero) is 1. The number of benzene rings is 2. The normalized spacial score (nSPS) is 23.5. The summed E-state index contributed by atoms with van der Waals surface area (Å²) in [6.07, 6.45) is -0.945. The number of ketones is 1. The van der Waals surface area contributed by atoms with Gasteiger partial charge in [0, 0.05) is 11.6 Å². The lowest BCUT2D eigenvalue weighted by Crippen LogP contribution is -2.57. The second-order valence-electron chi connectivity index (χ2n) is 5.84. The minimum atomic E-state index is -1.96. The largest absolute Gasteiger partial charge is 0.504 e. The van der Waals surface area contributed by atoms with Crippen LogP contribution in [-0.2, 0) is 5.60 Å². The average Bonchev–Trinajstić information content (AvgIpc) is 2.62. The lowest BCUT2D eigenvalue weighted by Gasteiger charge is -2.43. The summed E-state index contributed by atoms with van der Waals surface area (Å²) >= 11 is 0. The second-order valence-corrected chi connectivity index (χ2v) is 5.84. The van der Waals surface area contributed by atoms with Crippen molar-refractivity contribution >= 4 is 5.78 Å². The van der Waals surface area contributed by atoms with Crippen molar-refractivity contribution in [2.45, 2.75) is 11.7 Å². The first-order valence-corrected chi connectivity index (χ1v) is 7.66. The van der Waals surface area contributed by atoms with Crippen molar-refractivity contribution in [1.29, 1.82) is 0 Å². The molecule has 2 aliphatic rings. The summed E-state index contributed by atoms with van der Waals surface area (Å²) in [6.45, 7) is -0.00615. The predicted octanol–water partition coefficient (Wildman–Crippen LogP) is 1.63. The molecule has 0 radical (unpaired) electrons. The lowest BCUT2D eigenvalue weighted by molar-refractivity contribution is -0.0801. The number of carbonyl (C=O) groups is 1. The fraction of sp³-hybridized carbons (Fsp3) is 0.278. The molecule has 0 fully saturated rings. The SMILES string of the molecule is COc1cc2c(c(O)c1OC)C(=O)[C@]1(O)c3ccccc3OC[C@H]1O2. The molecule has 0 saturated carbocycles. The van der Waals surface area contributed by atoms with E-state index in [-0.39, 0.29) is 29.4 Å². The first-order chi connectivity index (χ1) is 12.0. The maximum atomic E-state index is 13.2. The Morgan fingerprint density at radius 3 is 2.68 bits per heavy atom. The molecule has 2 aromatic carbocycles. The highest BCUT2D eigenvalue weighted by molar-refractivity contribution is 6.09. The maximum Gasteiger partial charge on any atom is 0.210 e. The number of phenolic OH excluding ortho intramolecular Hbond substituents is 1. The van der Waals surface area contributed by atoms with Crippen LogP contribution < -0.4 is 18.9 Å². The van der Waals surface area contributed by atoms with E-state index in [1.807, 2.05) is 0 Å². The summed E-state index contributed by atoms with van der Waals surface area (Å²) < 4.78 is 21.7. The molecule has 0 saturated heterocycles. The molecule has 2 atom stereocenters. The molecule has 7 nitrogen and oxygen atoms in total. The van der Waals surface area contributed by atoms with Crippen molar-refractivity contribution in [2.75, 3.05) is 20.8 Å². The number of rotatable bonds is 2. The van der Waals surface area contributed by atoms with Crippen molar-refractivity contribution in [2.24, 2.45) is 0 Å². The number of hydrogen-bond donors (Lipinski definition) is 2. The van der Waals surface area contributed by atoms with Gasteiger partial charge in [-0.3, -0.25) is 4.79 Å². The van der Waals surface area contributed by atoms with Crippen molar-refractivity contribution in [1.82, 2.24) is 0 Å². The van der Waals surface area contributed by atoms with Crippen LogP contribution in [0, 0.1) is 0 Å². The minimum Gasteiger partial charge on any atom is -0.504 e. The first kappa shape index (κ1) is 15.6. The Labute approximate surface area is 143 Å². The maximum absolute atomic E-state index is 13.2. The summed E-state index contributed by atoms with van der Waals surface area (Å²) in [6, 6.07) is 8.16. The van der Waals surface area contributed by atoms with Crippen LogP contribution in [0.1, 0.15) is 15.9 Å². The van der Waals surface area contributed by atoms with Gasteiger partial charge in [-0.15, -0.1) is 0 Å². The summed E-state index contributed by atoms with van der Waals surface area (Å²) in [5, 5.41) is 21.8. The summed E-state index contributed by atoms with van der Waals surface area (Å²) in [7, 11) is 2.75. The molecule has 0 bridgehead atoms. The average molecular weight is 344 g/mol. The number of fused-ring (bicyclic) bond motifs is 4. The molecule has 130 valence electrons. The van der Waals surface area contributed by atoms with Crippen LogP contribution in [0.2, 0.25) is 0 Å². The van der Waals surface area contributed by atoms with E-state index in [4.69, 9.17) is 18.9 Å². The van der Waals surface area contributed by atoms with Crippen LogP contribution in [0.25, 0.3) is 0 Å². The molecule has 7 heteroatoms. The molecule has 2 aromatic rings. The van der Waals surface area contributed by atoms with E-state index in [9.17, 15) is 15.0 Å². The number of methoxy groups -OCH3 is 2. The van der Waals surface area contributed by atoms with Gasteiger partial charge < -0.3 is 29.2 Å². The molecular weight excluding hydrogens is 328 g/mol. The Balaban J connectivity index is 1.95. The van der Waals surface area contributed by atoms with Gasteiger partial charge in [-0.05, 0) is 6.07 Å². The van der Waals surface area contributed by atoms with Crippen molar-refractivity contribution in [3.05, 3.63) is 41.5 Å². The van der Waals surface area contributed by atoms with Crippen LogP contribution >= 0.6 is 0 Å². The highest BCUT2D eigenvalue weighted by Crippen LogP contribution is 2.52. The quantitative estimate of drug-likeness (QED) is 0.855. The molecule has 0 unspecified atom stereocenters. The number of ether oxygens (including phenoxy) is 4. The van der Waals surface area contributed by atoms with Gasteiger partial charge in [0.15, 0.2) is 23.2 Å². The van der Waals surface area contributed by atoms with Crippen LogP contribution in [-0.4, -0.2) is 42.9 Å². The van der Waals surface area contributed by atoms with Gasteiger partial charge in [0.2, 0.25) is 11.5 Å². The van der Waals surface area contributed by atoms with E-state index in [1.165, 1.54) is 20.3 Å². The zero-order chi connectivity index (χ0) is 17.8. The number of carbonyl (C=O) groups excluding carboxylic acids is 1. The topological polar surface area (TPSA) is 94.5 Å².